The highest BCUT2D eigenvalue weighted by atomic mass is 15.0. The van der Waals surface area contributed by atoms with Crippen LogP contribution in [0.4, 0.5) is 0 Å². The van der Waals surface area contributed by atoms with Gasteiger partial charge >= 0.3 is 0 Å². The Morgan fingerprint density at radius 2 is 1.81 bits per heavy atom. The zero-order valence-electron chi connectivity index (χ0n) is 16.6. The molecule has 0 saturated carbocycles. The molecule has 0 radical (unpaired) electrons. The standard InChI is InChI=1S/C25H31N/c1-4-5-8-19-11-12-20(17-26(2)3)25-22(19)15-16-23-21-10-7-6-9-18(21)13-14-24(23)25/h7,10-12,15-16H,4-6,8-9,13-14,17H2,1-3H3. The summed E-state index contributed by atoms with van der Waals surface area (Å²) in [5.74, 6) is 0. The minimum atomic E-state index is 1.02. The maximum absolute atomic E-state index is 2.41. The predicted octanol–water partition coefficient (Wildman–Crippen LogP) is 6.29. The number of allylic oxidation sites excluding steroid dienone is 4. The molecule has 0 bridgehead atoms. The zero-order chi connectivity index (χ0) is 18.1. The van der Waals surface area contributed by atoms with Gasteiger partial charge in [0.25, 0.3) is 0 Å². The first kappa shape index (κ1) is 17.5. The second-order valence-electron chi connectivity index (χ2n) is 8.20. The molecule has 0 N–H and O–H groups in total. The van der Waals surface area contributed by atoms with Crippen molar-refractivity contribution in [2.24, 2.45) is 0 Å². The summed E-state index contributed by atoms with van der Waals surface area (Å²) in [5.41, 5.74) is 9.33. The molecule has 26 heavy (non-hydrogen) atoms. The largest absolute Gasteiger partial charge is 0.305 e. The summed E-state index contributed by atoms with van der Waals surface area (Å²) in [6, 6.07) is 9.61. The number of benzene rings is 2. The van der Waals surface area contributed by atoms with E-state index in [-0.39, 0.29) is 0 Å². The summed E-state index contributed by atoms with van der Waals surface area (Å²) < 4.78 is 0. The van der Waals surface area contributed by atoms with Crippen LogP contribution in [0.5, 0.6) is 0 Å². The number of hydrogen-bond donors (Lipinski definition) is 0. The van der Waals surface area contributed by atoms with Gasteiger partial charge in [0.1, 0.15) is 0 Å². The SMILES string of the molecule is CCCCc1ccc(CN(C)C)c2c3c(ccc12)C1=C(CCC=C1)CC3. The van der Waals surface area contributed by atoms with Gasteiger partial charge in [-0.15, -0.1) is 0 Å². The lowest BCUT2D eigenvalue weighted by Crippen LogP contribution is -2.13. The molecule has 4 rings (SSSR count). The molecular formula is C25H31N. The Labute approximate surface area is 158 Å². The van der Waals surface area contributed by atoms with E-state index in [1.165, 1.54) is 72.6 Å². The summed E-state index contributed by atoms with van der Waals surface area (Å²) in [5, 5.41) is 3.05. The highest BCUT2D eigenvalue weighted by Crippen LogP contribution is 2.41. The smallest absolute Gasteiger partial charge is 0.0233 e. The van der Waals surface area contributed by atoms with Gasteiger partial charge in [-0.25, -0.2) is 0 Å². The van der Waals surface area contributed by atoms with E-state index >= 15 is 0 Å². The third-order valence-electron chi connectivity index (χ3n) is 6.00. The minimum absolute atomic E-state index is 1.02. The molecule has 1 heteroatoms. The summed E-state index contributed by atoms with van der Waals surface area (Å²) >= 11 is 0. The Balaban J connectivity index is 1.93. The molecule has 0 amide bonds. The van der Waals surface area contributed by atoms with E-state index in [1.807, 2.05) is 0 Å². The van der Waals surface area contributed by atoms with Crippen molar-refractivity contribution in [2.45, 2.75) is 58.4 Å². The van der Waals surface area contributed by atoms with Crippen molar-refractivity contribution < 1.29 is 0 Å². The van der Waals surface area contributed by atoms with Crippen molar-refractivity contribution in [3.63, 3.8) is 0 Å². The summed E-state index contributed by atoms with van der Waals surface area (Å²) in [6.07, 6.45) is 13.4. The summed E-state index contributed by atoms with van der Waals surface area (Å²) in [4.78, 5) is 2.30. The topological polar surface area (TPSA) is 3.24 Å². The lowest BCUT2D eigenvalue weighted by molar-refractivity contribution is 0.404. The molecule has 0 saturated heterocycles. The number of rotatable bonds is 5. The lowest BCUT2D eigenvalue weighted by Gasteiger charge is -2.27. The number of fused-ring (bicyclic) bond motifs is 4. The van der Waals surface area contributed by atoms with E-state index in [2.05, 4.69) is 62.3 Å². The molecule has 0 fully saturated rings. The van der Waals surface area contributed by atoms with E-state index < -0.39 is 0 Å². The van der Waals surface area contributed by atoms with Crippen molar-refractivity contribution in [1.29, 1.82) is 0 Å². The molecule has 0 heterocycles. The van der Waals surface area contributed by atoms with Crippen molar-refractivity contribution >= 4 is 16.3 Å². The van der Waals surface area contributed by atoms with E-state index in [0.29, 0.717) is 0 Å². The van der Waals surface area contributed by atoms with E-state index in [4.69, 9.17) is 0 Å². The Morgan fingerprint density at radius 1 is 0.962 bits per heavy atom. The Hall–Kier alpha value is -1.86. The first-order valence-corrected chi connectivity index (χ1v) is 10.3. The van der Waals surface area contributed by atoms with Crippen LogP contribution in [0.1, 0.15) is 61.3 Å². The maximum Gasteiger partial charge on any atom is 0.0233 e. The fourth-order valence-electron chi connectivity index (χ4n) is 4.75. The number of unbranched alkanes of at least 4 members (excludes halogenated alkanes) is 1. The quantitative estimate of drug-likeness (QED) is 0.615. The highest BCUT2D eigenvalue weighted by molar-refractivity contribution is 5.97. The van der Waals surface area contributed by atoms with Crippen LogP contribution < -0.4 is 0 Å². The number of aryl methyl sites for hydroxylation is 2. The monoisotopic (exact) mass is 345 g/mol. The van der Waals surface area contributed by atoms with Gasteiger partial charge in [-0.1, -0.05) is 55.3 Å². The minimum Gasteiger partial charge on any atom is -0.305 e. The lowest BCUT2D eigenvalue weighted by atomic mass is 9.78. The normalized spacial score (nSPS) is 16.3. The molecule has 0 aliphatic heterocycles. The van der Waals surface area contributed by atoms with Crippen LogP contribution in [0.3, 0.4) is 0 Å². The fourth-order valence-corrected chi connectivity index (χ4v) is 4.75. The van der Waals surface area contributed by atoms with Gasteiger partial charge in [-0.05, 0) is 91.2 Å². The van der Waals surface area contributed by atoms with Gasteiger partial charge in [-0.2, -0.15) is 0 Å². The fraction of sp³-hybridized carbons (Fsp3) is 0.440. The zero-order valence-corrected chi connectivity index (χ0v) is 16.6. The predicted molar refractivity (Wildman–Crippen MR) is 114 cm³/mol. The molecule has 1 nitrogen and oxygen atoms in total. The molecule has 0 aromatic heterocycles. The average molecular weight is 346 g/mol. The van der Waals surface area contributed by atoms with Crippen LogP contribution in [0.15, 0.2) is 42.0 Å². The van der Waals surface area contributed by atoms with Crippen LogP contribution in [-0.4, -0.2) is 19.0 Å². The third-order valence-corrected chi connectivity index (χ3v) is 6.00. The molecule has 2 aromatic rings. The van der Waals surface area contributed by atoms with E-state index in [0.717, 1.165) is 6.54 Å². The molecule has 2 aliphatic rings. The van der Waals surface area contributed by atoms with Crippen LogP contribution in [-0.2, 0) is 19.4 Å². The van der Waals surface area contributed by atoms with E-state index in [1.54, 1.807) is 16.5 Å². The van der Waals surface area contributed by atoms with Gasteiger partial charge in [0.15, 0.2) is 0 Å². The Morgan fingerprint density at radius 3 is 2.62 bits per heavy atom. The van der Waals surface area contributed by atoms with Crippen molar-refractivity contribution in [2.75, 3.05) is 14.1 Å². The Kier molecular flexibility index (Phi) is 5.00. The molecular weight excluding hydrogens is 314 g/mol. The van der Waals surface area contributed by atoms with Gasteiger partial charge in [0.2, 0.25) is 0 Å². The van der Waals surface area contributed by atoms with Gasteiger partial charge in [-0.3, -0.25) is 0 Å². The van der Waals surface area contributed by atoms with Crippen LogP contribution in [0.25, 0.3) is 16.3 Å². The highest BCUT2D eigenvalue weighted by Gasteiger charge is 2.22. The molecule has 136 valence electrons. The van der Waals surface area contributed by atoms with Gasteiger partial charge in [0, 0.05) is 6.54 Å². The number of hydrogen-bond acceptors (Lipinski definition) is 1. The molecule has 0 atom stereocenters. The molecule has 0 unspecified atom stereocenters. The van der Waals surface area contributed by atoms with Crippen molar-refractivity contribution in [3.8, 4) is 0 Å². The summed E-state index contributed by atoms with van der Waals surface area (Å²) in [7, 11) is 4.35. The van der Waals surface area contributed by atoms with Gasteiger partial charge in [0.05, 0.1) is 0 Å². The second-order valence-corrected chi connectivity index (χ2v) is 8.20. The van der Waals surface area contributed by atoms with Crippen LogP contribution in [0, 0.1) is 0 Å². The second kappa shape index (κ2) is 7.40. The first-order chi connectivity index (χ1) is 12.7. The van der Waals surface area contributed by atoms with Gasteiger partial charge < -0.3 is 4.90 Å². The van der Waals surface area contributed by atoms with Crippen LogP contribution in [0.2, 0.25) is 0 Å². The molecule has 2 aliphatic carbocycles. The average Bonchev–Trinajstić information content (AvgIpc) is 2.66. The summed E-state index contributed by atoms with van der Waals surface area (Å²) in [6.45, 7) is 3.30. The Bertz CT molecular complexity index is 883. The molecule has 0 spiro atoms. The maximum atomic E-state index is 2.41. The van der Waals surface area contributed by atoms with E-state index in [9.17, 15) is 0 Å². The van der Waals surface area contributed by atoms with Crippen molar-refractivity contribution in [1.82, 2.24) is 4.90 Å². The third kappa shape index (κ3) is 3.14. The van der Waals surface area contributed by atoms with Crippen LogP contribution >= 0.6 is 0 Å². The van der Waals surface area contributed by atoms with Crippen molar-refractivity contribution in [3.05, 3.63) is 64.2 Å². The number of nitrogens with zero attached hydrogens (tertiary/aromatic N) is 1. The first-order valence-electron chi connectivity index (χ1n) is 10.3. The molecule has 2 aromatic carbocycles.